The van der Waals surface area contributed by atoms with E-state index in [2.05, 4.69) is 106 Å². The van der Waals surface area contributed by atoms with Crippen molar-refractivity contribution in [3.8, 4) is 50.6 Å². The van der Waals surface area contributed by atoms with Crippen molar-refractivity contribution in [2.75, 3.05) is 0 Å². The molecule has 10 rings (SSSR count). The molecular formula is C53H39IrN3S-2. The van der Waals surface area contributed by atoms with E-state index in [1.807, 2.05) is 66.7 Å². The summed E-state index contributed by atoms with van der Waals surface area (Å²) in [6, 6.07) is 61.5. The van der Waals surface area contributed by atoms with E-state index in [0.717, 1.165) is 60.4 Å². The fraction of sp³-hybridized carbons (Fsp3) is 0.0566. The van der Waals surface area contributed by atoms with E-state index in [0.29, 0.717) is 22.4 Å². The monoisotopic (exact) mass is 950 g/mol. The van der Waals surface area contributed by atoms with Crippen LogP contribution in [0.4, 0.5) is 0 Å². The number of fused-ring (bicyclic) bond motifs is 2. The van der Waals surface area contributed by atoms with E-state index in [4.69, 9.17) is 16.0 Å². The van der Waals surface area contributed by atoms with E-state index < -0.39 is 20.1 Å². The van der Waals surface area contributed by atoms with E-state index in [1.165, 1.54) is 35.7 Å². The predicted molar refractivity (Wildman–Crippen MR) is 239 cm³/mol. The molecule has 0 saturated heterocycles. The number of rotatable bonds is 7. The van der Waals surface area contributed by atoms with Crippen molar-refractivity contribution in [1.29, 1.82) is 0 Å². The molecule has 0 aliphatic rings. The predicted octanol–water partition coefficient (Wildman–Crippen LogP) is 13.8. The largest absolute Gasteiger partial charge is 0.332 e. The molecule has 3 nitrogen and oxygen atoms in total. The molecule has 1 radical (unpaired) electrons. The van der Waals surface area contributed by atoms with Crippen molar-refractivity contribution in [1.82, 2.24) is 14.5 Å². The maximum Gasteiger partial charge on any atom is 0.0774 e. The van der Waals surface area contributed by atoms with Crippen LogP contribution in [0.2, 0.25) is 0 Å². The first-order valence-electron chi connectivity index (χ1n) is 22.5. The maximum atomic E-state index is 8.93. The van der Waals surface area contributed by atoms with Gasteiger partial charge in [-0.15, -0.1) is 46.8 Å². The number of hydrogen-bond donors (Lipinski definition) is 0. The molecule has 5 heteroatoms. The number of para-hydroxylation sites is 3. The third kappa shape index (κ3) is 8.12. The maximum absolute atomic E-state index is 8.93. The molecule has 0 N–H and O–H groups in total. The standard InChI is InChI=1S/C40H27N2S.C13H12N.Ir/c1-4-13-28(14-5-1)25-29-23-24-34-35(27-43-38(34)26-29)40-41-36-21-10-11-22-37(36)42(40)39-32(30-15-6-2-7-16-30)19-12-20-33(39)31-17-8-3-9-18-31;1-10-3-6-12(7-4-10)13-8-5-11(2)9-14-13;/h1-24,26H,25H2;3-6,8-9H,1-2H3;/q2*-1;/i25D2;1D3,2D3;. The summed E-state index contributed by atoms with van der Waals surface area (Å²) in [6.45, 7) is -4.34. The second-order valence-corrected chi connectivity index (χ2v) is 14.2. The molecule has 0 atom stereocenters. The fourth-order valence-electron chi connectivity index (χ4n) is 6.95. The number of imidazole rings is 1. The SMILES string of the molecule is [2H]C([2H])([2H])c1c[c-]c(-c2ccc(C([2H])([2H])[2H])cn2)cc1.[2H]C([2H])(c1ccccc1)c1ccc2c(-c3nc4ccccc4n3-c3c(-c4ccccc4)cccc3-c3ccccc3)[c-]sc2c1.[Ir]. The van der Waals surface area contributed by atoms with Crippen LogP contribution >= 0.6 is 11.3 Å². The molecule has 0 spiro atoms. The smallest absolute Gasteiger partial charge is 0.0774 e. The van der Waals surface area contributed by atoms with Crippen molar-refractivity contribution >= 4 is 32.5 Å². The summed E-state index contributed by atoms with van der Waals surface area (Å²) in [5, 5.41) is 4.58. The average Bonchev–Trinajstić information content (AvgIpc) is 3.93. The fourth-order valence-corrected chi connectivity index (χ4v) is 7.83. The second kappa shape index (κ2) is 17.5. The van der Waals surface area contributed by atoms with Crippen LogP contribution in [-0.4, -0.2) is 14.5 Å². The van der Waals surface area contributed by atoms with Crippen molar-refractivity contribution in [3.63, 3.8) is 0 Å². The Morgan fingerprint density at radius 3 is 1.98 bits per heavy atom. The van der Waals surface area contributed by atoms with Gasteiger partial charge in [-0.3, -0.25) is 16.3 Å². The molecule has 10 aromatic rings. The summed E-state index contributed by atoms with van der Waals surface area (Å²) in [5.41, 5.74) is 11.2. The number of pyridine rings is 1. The van der Waals surface area contributed by atoms with Gasteiger partial charge in [-0.1, -0.05) is 174 Å². The Kier molecular flexibility index (Phi) is 9.03. The Morgan fingerprint density at radius 2 is 1.33 bits per heavy atom. The minimum Gasteiger partial charge on any atom is -0.332 e. The first kappa shape index (κ1) is 29.9. The van der Waals surface area contributed by atoms with Crippen LogP contribution in [0.15, 0.2) is 188 Å². The number of hydrogen-bond acceptors (Lipinski definition) is 3. The second-order valence-electron chi connectivity index (χ2n) is 13.4. The van der Waals surface area contributed by atoms with Gasteiger partial charge in [0.1, 0.15) is 0 Å². The Hall–Kier alpha value is -6.23. The quantitative estimate of drug-likeness (QED) is 0.149. The summed E-state index contributed by atoms with van der Waals surface area (Å²) in [7, 11) is 0. The van der Waals surface area contributed by atoms with Crippen LogP contribution in [0.1, 0.15) is 33.2 Å². The van der Waals surface area contributed by atoms with Crippen molar-refractivity contribution < 1.29 is 31.1 Å². The molecule has 0 unspecified atom stereocenters. The molecule has 0 amide bonds. The van der Waals surface area contributed by atoms with Gasteiger partial charge in [0.25, 0.3) is 0 Å². The van der Waals surface area contributed by atoms with Crippen molar-refractivity contribution in [2.24, 2.45) is 0 Å². The summed E-state index contributed by atoms with van der Waals surface area (Å²) < 4.78 is 64.8. The summed E-state index contributed by atoms with van der Waals surface area (Å²) in [6.07, 6.45) is -0.320. The molecule has 3 heterocycles. The van der Waals surface area contributed by atoms with Gasteiger partial charge in [0.15, 0.2) is 0 Å². The van der Waals surface area contributed by atoms with Gasteiger partial charge in [-0.25, -0.2) is 0 Å². The molecule has 0 aliphatic carbocycles. The van der Waals surface area contributed by atoms with Gasteiger partial charge >= 0.3 is 0 Å². The summed E-state index contributed by atoms with van der Waals surface area (Å²) >= 11 is 1.50. The van der Waals surface area contributed by atoms with Crippen LogP contribution in [0.25, 0.3) is 71.7 Å². The van der Waals surface area contributed by atoms with Crippen LogP contribution in [0.5, 0.6) is 0 Å². The zero-order valence-electron chi connectivity index (χ0n) is 39.0. The van der Waals surface area contributed by atoms with Gasteiger partial charge in [-0.05, 0) is 53.3 Å². The van der Waals surface area contributed by atoms with Crippen LogP contribution in [0.3, 0.4) is 0 Å². The van der Waals surface area contributed by atoms with Gasteiger partial charge in [0.2, 0.25) is 0 Å². The molecule has 0 bridgehead atoms. The molecule has 0 aliphatic heterocycles. The van der Waals surface area contributed by atoms with Crippen molar-refractivity contribution in [3.05, 3.63) is 222 Å². The number of aryl methyl sites for hydroxylation is 2. The summed E-state index contributed by atoms with van der Waals surface area (Å²) in [4.78, 5) is 9.31. The van der Waals surface area contributed by atoms with Gasteiger partial charge in [-0.2, -0.15) is 0 Å². The molecule has 58 heavy (non-hydrogen) atoms. The Balaban J connectivity index is 0.000000238. The molecule has 283 valence electrons. The first-order chi connectivity index (χ1) is 31.3. The molecule has 0 fully saturated rings. The van der Waals surface area contributed by atoms with Crippen molar-refractivity contribution in [2.45, 2.75) is 20.1 Å². The minimum atomic E-state index is -2.18. The molecule has 7 aromatic carbocycles. The molecule has 3 aromatic heterocycles. The summed E-state index contributed by atoms with van der Waals surface area (Å²) in [5.74, 6) is 0.807. The van der Waals surface area contributed by atoms with Crippen LogP contribution in [0, 0.1) is 25.2 Å². The van der Waals surface area contributed by atoms with E-state index in [1.54, 1.807) is 12.1 Å². The minimum absolute atomic E-state index is 0. The zero-order valence-corrected chi connectivity index (χ0v) is 34.2. The molecular weight excluding hydrogens is 903 g/mol. The van der Waals surface area contributed by atoms with Crippen LogP contribution in [-0.2, 0) is 26.5 Å². The third-order valence-corrected chi connectivity index (χ3v) is 10.5. The Labute approximate surface area is 369 Å². The van der Waals surface area contributed by atoms with E-state index >= 15 is 0 Å². The van der Waals surface area contributed by atoms with Gasteiger partial charge in [0, 0.05) is 48.4 Å². The topological polar surface area (TPSA) is 30.7 Å². The Bertz CT molecular complexity index is 3130. The number of aromatic nitrogens is 3. The number of nitrogens with zero attached hydrogens (tertiary/aromatic N) is 3. The van der Waals surface area contributed by atoms with E-state index in [-0.39, 0.29) is 31.2 Å². The van der Waals surface area contributed by atoms with Crippen LogP contribution < -0.4 is 0 Å². The first-order valence-corrected chi connectivity index (χ1v) is 19.3. The number of thiophene rings is 1. The number of benzene rings is 7. The van der Waals surface area contributed by atoms with Gasteiger partial charge in [0.05, 0.1) is 22.5 Å². The molecule has 0 saturated carbocycles. The van der Waals surface area contributed by atoms with Gasteiger partial charge < -0.3 is 9.55 Å². The van der Waals surface area contributed by atoms with E-state index in [9.17, 15) is 0 Å². The normalized spacial score (nSPS) is 13.6. The zero-order chi connectivity index (χ0) is 45.3. The Morgan fingerprint density at radius 1 is 0.655 bits per heavy atom. The average molecular weight is 950 g/mol. The third-order valence-electron chi connectivity index (χ3n) is 9.64.